The first-order valence-electron chi connectivity index (χ1n) is 6.86. The highest BCUT2D eigenvalue weighted by Gasteiger charge is 2.26. The number of nitro benzene ring substituents is 1. The highest BCUT2D eigenvalue weighted by Crippen LogP contribution is 2.30. The molecule has 2 unspecified atom stereocenters. The molecule has 1 aliphatic heterocycles. The number of anilines is 1. The van der Waals surface area contributed by atoms with Crippen LogP contribution in [0.4, 0.5) is 11.4 Å². The first-order valence-corrected chi connectivity index (χ1v) is 6.86. The first-order chi connectivity index (χ1) is 9.15. The van der Waals surface area contributed by atoms with E-state index in [0.717, 1.165) is 24.6 Å². The van der Waals surface area contributed by atoms with E-state index in [1.807, 2.05) is 12.1 Å². The number of nitrogens with zero attached hydrogens (tertiary/aromatic N) is 2. The Bertz CT molecular complexity index is 433. The molecule has 2 rings (SSSR count). The molecule has 0 bridgehead atoms. The lowest BCUT2D eigenvalue weighted by atomic mass is 9.88. The summed E-state index contributed by atoms with van der Waals surface area (Å²) in [6.07, 6.45) is 3.48. The van der Waals surface area contributed by atoms with Gasteiger partial charge in [-0.3, -0.25) is 10.1 Å². The molecule has 1 fully saturated rings. The minimum absolute atomic E-state index is 0.136. The summed E-state index contributed by atoms with van der Waals surface area (Å²) in [6.45, 7) is 3.84. The third kappa shape index (κ3) is 3.04. The van der Waals surface area contributed by atoms with Crippen molar-refractivity contribution in [1.82, 2.24) is 0 Å². The van der Waals surface area contributed by atoms with E-state index in [1.54, 1.807) is 12.1 Å². The Balaban J connectivity index is 2.13. The third-order valence-electron chi connectivity index (χ3n) is 4.07. The summed E-state index contributed by atoms with van der Waals surface area (Å²) in [5.41, 5.74) is 7.05. The number of hydrogen-bond donors (Lipinski definition) is 1. The molecule has 0 saturated carbocycles. The van der Waals surface area contributed by atoms with Crippen LogP contribution in [-0.2, 0) is 0 Å². The third-order valence-corrected chi connectivity index (χ3v) is 4.07. The van der Waals surface area contributed by atoms with Gasteiger partial charge in [-0.2, -0.15) is 0 Å². The molecule has 0 radical (unpaired) electrons. The average molecular weight is 263 g/mol. The molecule has 104 valence electrons. The minimum atomic E-state index is -0.368. The SMILES string of the molecule is CCC1CCN(c2ccc([N+](=O)[O-])cc2)C(CN)C1. The molecule has 2 N–H and O–H groups in total. The summed E-state index contributed by atoms with van der Waals surface area (Å²) in [5.74, 6) is 0.753. The van der Waals surface area contributed by atoms with E-state index < -0.39 is 0 Å². The van der Waals surface area contributed by atoms with Crippen LogP contribution in [0, 0.1) is 16.0 Å². The summed E-state index contributed by atoms with van der Waals surface area (Å²) < 4.78 is 0. The van der Waals surface area contributed by atoms with E-state index >= 15 is 0 Å². The highest BCUT2D eigenvalue weighted by atomic mass is 16.6. The molecule has 0 amide bonds. The standard InChI is InChI=1S/C14H21N3O2/c1-2-11-7-8-16(14(9-11)10-15)12-3-5-13(6-4-12)17(18)19/h3-6,11,14H,2,7-10,15H2,1H3. The van der Waals surface area contributed by atoms with Crippen molar-refractivity contribution >= 4 is 11.4 Å². The van der Waals surface area contributed by atoms with Crippen LogP contribution in [0.5, 0.6) is 0 Å². The second kappa shape index (κ2) is 6.02. The van der Waals surface area contributed by atoms with E-state index in [-0.39, 0.29) is 10.6 Å². The lowest BCUT2D eigenvalue weighted by Crippen LogP contribution is -2.46. The van der Waals surface area contributed by atoms with Crippen molar-refractivity contribution in [2.24, 2.45) is 11.7 Å². The van der Waals surface area contributed by atoms with E-state index in [9.17, 15) is 10.1 Å². The van der Waals surface area contributed by atoms with Gasteiger partial charge >= 0.3 is 0 Å². The largest absolute Gasteiger partial charge is 0.367 e. The normalized spacial score (nSPS) is 23.4. The number of nitro groups is 1. The number of nitrogens with two attached hydrogens (primary N) is 1. The van der Waals surface area contributed by atoms with Gasteiger partial charge in [0.2, 0.25) is 0 Å². The molecule has 1 aliphatic rings. The van der Waals surface area contributed by atoms with Gasteiger partial charge < -0.3 is 10.6 Å². The van der Waals surface area contributed by atoms with Gasteiger partial charge in [0.1, 0.15) is 0 Å². The van der Waals surface area contributed by atoms with Crippen molar-refractivity contribution < 1.29 is 4.92 Å². The topological polar surface area (TPSA) is 72.4 Å². The zero-order valence-corrected chi connectivity index (χ0v) is 11.3. The maximum atomic E-state index is 10.7. The molecule has 2 atom stereocenters. The quantitative estimate of drug-likeness (QED) is 0.669. The van der Waals surface area contributed by atoms with Gasteiger partial charge in [-0.05, 0) is 30.9 Å². The van der Waals surface area contributed by atoms with Gasteiger partial charge in [0, 0.05) is 37.0 Å². The van der Waals surface area contributed by atoms with Crippen LogP contribution in [-0.4, -0.2) is 24.1 Å². The van der Waals surface area contributed by atoms with Crippen LogP contribution >= 0.6 is 0 Å². The average Bonchev–Trinajstić information content (AvgIpc) is 2.46. The number of benzene rings is 1. The van der Waals surface area contributed by atoms with Gasteiger partial charge in [0.15, 0.2) is 0 Å². The zero-order chi connectivity index (χ0) is 13.8. The predicted octanol–water partition coefficient (Wildman–Crippen LogP) is 2.55. The number of piperidine rings is 1. The number of rotatable bonds is 4. The fraction of sp³-hybridized carbons (Fsp3) is 0.571. The smallest absolute Gasteiger partial charge is 0.269 e. The molecule has 0 aromatic heterocycles. The van der Waals surface area contributed by atoms with Crippen LogP contribution in [0.2, 0.25) is 0 Å². The Hall–Kier alpha value is -1.62. The molecule has 5 nitrogen and oxygen atoms in total. The van der Waals surface area contributed by atoms with Crippen molar-refractivity contribution in [3.8, 4) is 0 Å². The number of non-ortho nitro benzene ring substituents is 1. The molecule has 1 aromatic carbocycles. The Morgan fingerprint density at radius 2 is 2.11 bits per heavy atom. The van der Waals surface area contributed by atoms with Gasteiger partial charge in [-0.25, -0.2) is 0 Å². The van der Waals surface area contributed by atoms with Crippen molar-refractivity contribution in [3.05, 3.63) is 34.4 Å². The maximum absolute atomic E-state index is 10.7. The van der Waals surface area contributed by atoms with E-state index in [2.05, 4.69) is 11.8 Å². The van der Waals surface area contributed by atoms with Crippen LogP contribution in [0.15, 0.2) is 24.3 Å². The van der Waals surface area contributed by atoms with Crippen molar-refractivity contribution in [2.45, 2.75) is 32.2 Å². The van der Waals surface area contributed by atoms with Gasteiger partial charge in [-0.1, -0.05) is 13.3 Å². The van der Waals surface area contributed by atoms with E-state index in [4.69, 9.17) is 5.73 Å². The Kier molecular flexibility index (Phi) is 4.37. The summed E-state index contributed by atoms with van der Waals surface area (Å²) in [7, 11) is 0. The van der Waals surface area contributed by atoms with Crippen molar-refractivity contribution in [2.75, 3.05) is 18.0 Å². The predicted molar refractivity (Wildman–Crippen MR) is 76.3 cm³/mol. The fourth-order valence-electron chi connectivity index (χ4n) is 2.83. The van der Waals surface area contributed by atoms with Gasteiger partial charge in [0.25, 0.3) is 5.69 Å². The lowest BCUT2D eigenvalue weighted by molar-refractivity contribution is -0.384. The van der Waals surface area contributed by atoms with Crippen molar-refractivity contribution in [3.63, 3.8) is 0 Å². The van der Waals surface area contributed by atoms with E-state index in [0.29, 0.717) is 12.6 Å². The molecule has 0 spiro atoms. The van der Waals surface area contributed by atoms with Crippen LogP contribution in [0.3, 0.4) is 0 Å². The number of hydrogen-bond acceptors (Lipinski definition) is 4. The Labute approximate surface area is 113 Å². The molecule has 0 aliphatic carbocycles. The van der Waals surface area contributed by atoms with Gasteiger partial charge in [-0.15, -0.1) is 0 Å². The molecule has 1 aromatic rings. The first kappa shape index (κ1) is 13.8. The second-order valence-corrected chi connectivity index (χ2v) is 5.16. The Morgan fingerprint density at radius 3 is 2.63 bits per heavy atom. The lowest BCUT2D eigenvalue weighted by Gasteiger charge is -2.40. The zero-order valence-electron chi connectivity index (χ0n) is 11.3. The molecule has 1 saturated heterocycles. The summed E-state index contributed by atoms with van der Waals surface area (Å²) >= 11 is 0. The Morgan fingerprint density at radius 1 is 1.42 bits per heavy atom. The second-order valence-electron chi connectivity index (χ2n) is 5.16. The highest BCUT2D eigenvalue weighted by molar-refractivity contribution is 5.52. The molecular weight excluding hydrogens is 242 g/mol. The molecule has 19 heavy (non-hydrogen) atoms. The summed E-state index contributed by atoms with van der Waals surface area (Å²) in [4.78, 5) is 12.6. The summed E-state index contributed by atoms with van der Waals surface area (Å²) in [5, 5.41) is 10.7. The monoisotopic (exact) mass is 263 g/mol. The molecular formula is C14H21N3O2. The molecule has 5 heteroatoms. The van der Waals surface area contributed by atoms with Crippen molar-refractivity contribution in [1.29, 1.82) is 0 Å². The fourth-order valence-corrected chi connectivity index (χ4v) is 2.83. The van der Waals surface area contributed by atoms with Crippen LogP contribution in [0.25, 0.3) is 0 Å². The molecule has 1 heterocycles. The van der Waals surface area contributed by atoms with Gasteiger partial charge in [0.05, 0.1) is 4.92 Å². The maximum Gasteiger partial charge on any atom is 0.269 e. The minimum Gasteiger partial charge on any atom is -0.367 e. The summed E-state index contributed by atoms with van der Waals surface area (Å²) in [6, 6.07) is 7.13. The van der Waals surface area contributed by atoms with Crippen LogP contribution < -0.4 is 10.6 Å². The van der Waals surface area contributed by atoms with Crippen LogP contribution in [0.1, 0.15) is 26.2 Å². The van der Waals surface area contributed by atoms with E-state index in [1.165, 1.54) is 12.8 Å².